The maximum Gasteiger partial charge on any atom is 0.305 e. The summed E-state index contributed by atoms with van der Waals surface area (Å²) in [6.07, 6.45) is -0.686. The minimum atomic E-state index is -0.914. The van der Waals surface area contributed by atoms with Crippen LogP contribution < -0.4 is 4.74 Å². The van der Waals surface area contributed by atoms with E-state index in [9.17, 15) is 9.59 Å². The first-order valence-electron chi connectivity index (χ1n) is 6.27. The van der Waals surface area contributed by atoms with Gasteiger partial charge >= 0.3 is 5.97 Å². The molecule has 0 aliphatic heterocycles. The summed E-state index contributed by atoms with van der Waals surface area (Å²) < 4.78 is 5.53. The minimum Gasteiger partial charge on any atom is -0.481 e. The normalized spacial score (nSPS) is 11.7. The van der Waals surface area contributed by atoms with E-state index in [0.717, 1.165) is 0 Å². The summed E-state index contributed by atoms with van der Waals surface area (Å²) in [5, 5.41) is 8.64. The van der Waals surface area contributed by atoms with E-state index in [2.05, 4.69) is 0 Å². The molecule has 0 saturated carbocycles. The van der Waals surface area contributed by atoms with Crippen LogP contribution in [0.15, 0.2) is 30.3 Å². The van der Waals surface area contributed by atoms with Crippen LogP contribution >= 0.6 is 0 Å². The molecule has 0 fully saturated rings. The van der Waals surface area contributed by atoms with E-state index in [1.54, 1.807) is 19.1 Å². The molecule has 0 aliphatic rings. The van der Waals surface area contributed by atoms with Gasteiger partial charge in [0.05, 0.1) is 6.42 Å². The molecule has 1 unspecified atom stereocenters. The lowest BCUT2D eigenvalue weighted by Crippen LogP contribution is -2.41. The fourth-order valence-electron chi connectivity index (χ4n) is 1.67. The van der Waals surface area contributed by atoms with Crippen molar-refractivity contribution in [2.24, 2.45) is 0 Å². The van der Waals surface area contributed by atoms with E-state index < -0.39 is 12.1 Å². The number of nitrogens with zero attached hydrogens (tertiary/aromatic N) is 1. The van der Waals surface area contributed by atoms with E-state index in [1.165, 1.54) is 4.90 Å². The predicted molar refractivity (Wildman–Crippen MR) is 71.0 cm³/mol. The number of likely N-dealkylation sites (N-methyl/N-ethyl adjacent to an activating group) is 1. The second-order valence-corrected chi connectivity index (χ2v) is 4.13. The zero-order chi connectivity index (χ0) is 14.3. The molecular formula is C14H19NO4. The highest BCUT2D eigenvalue weighted by atomic mass is 16.5. The van der Waals surface area contributed by atoms with Crippen molar-refractivity contribution in [1.82, 2.24) is 4.90 Å². The molecule has 1 atom stereocenters. The molecular weight excluding hydrogens is 246 g/mol. The van der Waals surface area contributed by atoms with Crippen molar-refractivity contribution in [1.29, 1.82) is 0 Å². The number of benzene rings is 1. The number of carbonyl (C=O) groups is 2. The van der Waals surface area contributed by atoms with Gasteiger partial charge in [-0.1, -0.05) is 18.2 Å². The fraction of sp³-hybridized carbons (Fsp3) is 0.429. The van der Waals surface area contributed by atoms with Gasteiger partial charge in [-0.15, -0.1) is 0 Å². The summed E-state index contributed by atoms with van der Waals surface area (Å²) >= 11 is 0. The number of rotatable bonds is 7. The number of aliphatic carboxylic acids is 1. The summed E-state index contributed by atoms with van der Waals surface area (Å²) in [6.45, 7) is 4.15. The highest BCUT2D eigenvalue weighted by Gasteiger charge is 2.21. The van der Waals surface area contributed by atoms with Crippen molar-refractivity contribution in [3.8, 4) is 5.75 Å². The van der Waals surface area contributed by atoms with E-state index in [0.29, 0.717) is 12.3 Å². The van der Waals surface area contributed by atoms with Crippen molar-refractivity contribution >= 4 is 11.9 Å². The largest absolute Gasteiger partial charge is 0.481 e. The Morgan fingerprint density at radius 1 is 1.32 bits per heavy atom. The first kappa shape index (κ1) is 15.0. The van der Waals surface area contributed by atoms with Crippen LogP contribution in [0, 0.1) is 0 Å². The molecule has 0 radical (unpaired) electrons. The zero-order valence-electron chi connectivity index (χ0n) is 11.2. The van der Waals surface area contributed by atoms with Crippen molar-refractivity contribution in [2.45, 2.75) is 26.4 Å². The van der Waals surface area contributed by atoms with Crippen molar-refractivity contribution in [3.05, 3.63) is 30.3 Å². The molecule has 0 saturated heterocycles. The standard InChI is InChI=1S/C14H19NO4/c1-3-15(10-9-13(16)17)14(18)11(2)19-12-7-5-4-6-8-12/h4-8,11H,3,9-10H2,1-2H3,(H,16,17). The lowest BCUT2D eigenvalue weighted by Gasteiger charge is -2.24. The monoisotopic (exact) mass is 265 g/mol. The van der Waals surface area contributed by atoms with Crippen molar-refractivity contribution < 1.29 is 19.4 Å². The Bertz CT molecular complexity index is 419. The van der Waals surface area contributed by atoms with Gasteiger partial charge in [0.1, 0.15) is 5.75 Å². The third-order valence-corrected chi connectivity index (χ3v) is 2.69. The molecule has 0 aromatic heterocycles. The summed E-state index contributed by atoms with van der Waals surface area (Å²) in [5.41, 5.74) is 0. The predicted octanol–water partition coefficient (Wildman–Crippen LogP) is 1.78. The Balaban J connectivity index is 2.56. The van der Waals surface area contributed by atoms with Gasteiger partial charge in [0.2, 0.25) is 0 Å². The fourth-order valence-corrected chi connectivity index (χ4v) is 1.67. The highest BCUT2D eigenvalue weighted by molar-refractivity contribution is 5.81. The van der Waals surface area contributed by atoms with Crippen LogP contribution in [0.3, 0.4) is 0 Å². The van der Waals surface area contributed by atoms with Crippen molar-refractivity contribution in [2.75, 3.05) is 13.1 Å². The molecule has 0 heterocycles. The van der Waals surface area contributed by atoms with E-state index in [-0.39, 0.29) is 18.9 Å². The molecule has 1 amide bonds. The Morgan fingerprint density at radius 3 is 2.47 bits per heavy atom. The number of carboxylic acids is 1. The molecule has 19 heavy (non-hydrogen) atoms. The van der Waals surface area contributed by atoms with Crippen LogP contribution in [-0.4, -0.2) is 41.1 Å². The summed E-state index contributed by atoms with van der Waals surface area (Å²) in [6, 6.07) is 9.07. The van der Waals surface area contributed by atoms with Crippen LogP contribution in [0.5, 0.6) is 5.75 Å². The SMILES string of the molecule is CCN(CCC(=O)O)C(=O)C(C)Oc1ccccc1. The summed E-state index contributed by atoms with van der Waals surface area (Å²) in [5.74, 6) is -0.492. The molecule has 1 aromatic carbocycles. The third-order valence-electron chi connectivity index (χ3n) is 2.69. The van der Waals surface area contributed by atoms with Gasteiger partial charge in [-0.3, -0.25) is 9.59 Å². The zero-order valence-corrected chi connectivity index (χ0v) is 11.2. The van der Waals surface area contributed by atoms with Crippen LogP contribution in [0.4, 0.5) is 0 Å². The molecule has 1 aromatic rings. The number of amides is 1. The van der Waals surface area contributed by atoms with Gasteiger partial charge in [0, 0.05) is 13.1 Å². The second kappa shape index (κ2) is 7.41. The van der Waals surface area contributed by atoms with E-state index in [1.807, 2.05) is 25.1 Å². The Kier molecular flexibility index (Phi) is 5.85. The average Bonchev–Trinajstić information content (AvgIpc) is 2.40. The highest BCUT2D eigenvalue weighted by Crippen LogP contribution is 2.12. The molecule has 1 N–H and O–H groups in total. The molecule has 1 rings (SSSR count). The van der Waals surface area contributed by atoms with E-state index in [4.69, 9.17) is 9.84 Å². The Hall–Kier alpha value is -2.04. The molecule has 104 valence electrons. The average molecular weight is 265 g/mol. The maximum absolute atomic E-state index is 12.1. The van der Waals surface area contributed by atoms with Gasteiger partial charge in [0.25, 0.3) is 5.91 Å². The number of carbonyl (C=O) groups excluding carboxylic acids is 1. The minimum absolute atomic E-state index is 0.0579. The topological polar surface area (TPSA) is 66.8 Å². The second-order valence-electron chi connectivity index (χ2n) is 4.13. The lowest BCUT2D eigenvalue weighted by atomic mass is 10.3. The van der Waals surface area contributed by atoms with Crippen LogP contribution in [0.25, 0.3) is 0 Å². The smallest absolute Gasteiger partial charge is 0.305 e. The first-order chi connectivity index (χ1) is 9.04. The molecule has 5 heteroatoms. The van der Waals surface area contributed by atoms with Gasteiger partial charge in [-0.25, -0.2) is 0 Å². The van der Waals surface area contributed by atoms with E-state index >= 15 is 0 Å². The van der Waals surface area contributed by atoms with Gasteiger partial charge in [0.15, 0.2) is 6.10 Å². The summed E-state index contributed by atoms with van der Waals surface area (Å²) in [4.78, 5) is 24.1. The number of carboxylic acid groups (broad SMARTS) is 1. The Morgan fingerprint density at radius 2 is 1.95 bits per heavy atom. The van der Waals surface area contributed by atoms with Crippen LogP contribution in [0.2, 0.25) is 0 Å². The Labute approximate surface area is 112 Å². The molecule has 0 spiro atoms. The first-order valence-corrected chi connectivity index (χ1v) is 6.27. The molecule has 5 nitrogen and oxygen atoms in total. The third kappa shape index (κ3) is 4.99. The number of hydrogen-bond acceptors (Lipinski definition) is 3. The molecule has 0 aliphatic carbocycles. The quantitative estimate of drug-likeness (QED) is 0.816. The van der Waals surface area contributed by atoms with Gasteiger partial charge < -0.3 is 14.7 Å². The van der Waals surface area contributed by atoms with Gasteiger partial charge in [-0.2, -0.15) is 0 Å². The number of ether oxygens (including phenoxy) is 1. The number of para-hydroxylation sites is 1. The summed E-state index contributed by atoms with van der Waals surface area (Å²) in [7, 11) is 0. The van der Waals surface area contributed by atoms with Gasteiger partial charge in [-0.05, 0) is 26.0 Å². The van der Waals surface area contributed by atoms with Crippen LogP contribution in [-0.2, 0) is 9.59 Å². The lowest BCUT2D eigenvalue weighted by molar-refractivity contribution is -0.140. The maximum atomic E-state index is 12.1. The van der Waals surface area contributed by atoms with Crippen molar-refractivity contribution in [3.63, 3.8) is 0 Å². The number of hydrogen-bond donors (Lipinski definition) is 1. The molecule has 0 bridgehead atoms. The van der Waals surface area contributed by atoms with Crippen LogP contribution in [0.1, 0.15) is 20.3 Å².